The van der Waals surface area contributed by atoms with Crippen molar-refractivity contribution in [1.29, 1.82) is 0 Å². The van der Waals surface area contributed by atoms with E-state index in [-0.39, 0.29) is 0 Å². The fourth-order valence-electron chi connectivity index (χ4n) is 0.348. The zero-order valence-electron chi connectivity index (χ0n) is 4.90. The third-order valence-corrected chi connectivity index (χ3v) is 1.49. The first-order chi connectivity index (χ1) is 3.31. The van der Waals surface area contributed by atoms with E-state index in [9.17, 15) is 0 Å². The molecule has 0 nitrogen and oxygen atoms in total. The second kappa shape index (κ2) is 4.25. The molecule has 0 heterocycles. The number of thioether (sulfide) groups is 1. The molecule has 0 rings (SSSR count). The van der Waals surface area contributed by atoms with Crippen molar-refractivity contribution in [3.63, 3.8) is 0 Å². The normalized spacial score (nSPS) is 8.86. The minimum atomic E-state index is 1.04. The van der Waals surface area contributed by atoms with Gasteiger partial charge in [0.15, 0.2) is 0 Å². The first kappa shape index (κ1) is 7.09. The maximum atomic E-state index is 5.46. The topological polar surface area (TPSA) is 0 Å². The smallest absolute Gasteiger partial charge is 0.0140 e. The van der Waals surface area contributed by atoms with Crippen LogP contribution in [-0.2, 0) is 0 Å². The first-order valence-electron chi connectivity index (χ1n) is 2.46. The van der Waals surface area contributed by atoms with Crippen molar-refractivity contribution in [2.75, 3.05) is 6.26 Å². The van der Waals surface area contributed by atoms with E-state index >= 15 is 0 Å². The Bertz CT molecular complexity index is 57.2. The van der Waals surface area contributed by atoms with Gasteiger partial charge in [0.1, 0.15) is 0 Å². The van der Waals surface area contributed by atoms with Crippen molar-refractivity contribution in [2.45, 2.75) is 19.8 Å². The van der Waals surface area contributed by atoms with Gasteiger partial charge < -0.3 is 0 Å². The van der Waals surface area contributed by atoms with Crippen LogP contribution >= 0.6 is 11.8 Å². The molecular formula is C6H11S. The van der Waals surface area contributed by atoms with Crippen LogP contribution in [0.3, 0.4) is 0 Å². The number of allylic oxidation sites excluding steroid dienone is 1. The molecular weight excluding hydrogens is 104 g/mol. The quantitative estimate of drug-likeness (QED) is 0.544. The van der Waals surface area contributed by atoms with Gasteiger partial charge in [-0.1, -0.05) is 19.9 Å². The summed E-state index contributed by atoms with van der Waals surface area (Å²) in [5.41, 5.74) is 0. The van der Waals surface area contributed by atoms with Gasteiger partial charge in [-0.05, 0) is 17.6 Å². The summed E-state index contributed by atoms with van der Waals surface area (Å²) < 4.78 is 0. The average molecular weight is 115 g/mol. The van der Waals surface area contributed by atoms with Crippen molar-refractivity contribution in [3.05, 3.63) is 11.5 Å². The van der Waals surface area contributed by atoms with Gasteiger partial charge in [0, 0.05) is 0 Å². The van der Waals surface area contributed by atoms with E-state index in [1.165, 1.54) is 0 Å². The van der Waals surface area contributed by atoms with Crippen molar-refractivity contribution in [2.24, 2.45) is 0 Å². The third kappa shape index (κ3) is 3.93. The number of hydrogen-bond donors (Lipinski definition) is 0. The Kier molecular flexibility index (Phi) is 4.31. The highest BCUT2D eigenvalue weighted by Crippen LogP contribution is 2.13. The van der Waals surface area contributed by atoms with Gasteiger partial charge in [0.25, 0.3) is 0 Å². The number of hydrogen-bond acceptors (Lipinski definition) is 1. The average Bonchev–Trinajstić information content (AvgIpc) is 1.68. The highest BCUT2D eigenvalue weighted by molar-refractivity contribution is 8.02. The van der Waals surface area contributed by atoms with Gasteiger partial charge >= 0.3 is 0 Å². The molecule has 1 heteroatoms. The summed E-state index contributed by atoms with van der Waals surface area (Å²) in [6.45, 7) is 7.59. The van der Waals surface area contributed by atoms with Crippen LogP contribution in [0.1, 0.15) is 19.8 Å². The lowest BCUT2D eigenvalue weighted by Crippen LogP contribution is -1.68. The summed E-state index contributed by atoms with van der Waals surface area (Å²) in [6.07, 6.45) is 4.22. The Hall–Kier alpha value is 0.0900. The van der Waals surface area contributed by atoms with Gasteiger partial charge in [-0.25, -0.2) is 0 Å². The van der Waals surface area contributed by atoms with Crippen LogP contribution in [-0.4, -0.2) is 6.26 Å². The van der Waals surface area contributed by atoms with Gasteiger partial charge in [0.2, 0.25) is 0 Å². The van der Waals surface area contributed by atoms with Gasteiger partial charge in [0.05, 0.1) is 0 Å². The SMILES string of the molecule is [CH]=C(CCC)SC. The van der Waals surface area contributed by atoms with Crippen molar-refractivity contribution in [1.82, 2.24) is 0 Å². The molecule has 41 valence electrons. The molecule has 0 N–H and O–H groups in total. The zero-order chi connectivity index (χ0) is 5.70. The minimum Gasteiger partial charge on any atom is -0.134 e. The third-order valence-electron chi connectivity index (χ3n) is 0.759. The Morgan fingerprint density at radius 1 is 1.71 bits per heavy atom. The molecule has 0 aromatic rings. The van der Waals surface area contributed by atoms with E-state index in [4.69, 9.17) is 6.58 Å². The molecule has 0 aromatic heterocycles. The highest BCUT2D eigenvalue weighted by Gasteiger charge is 1.84. The molecule has 7 heavy (non-hydrogen) atoms. The molecule has 0 bridgehead atoms. The Morgan fingerprint density at radius 2 is 2.29 bits per heavy atom. The van der Waals surface area contributed by atoms with Crippen molar-refractivity contribution in [3.8, 4) is 0 Å². The number of rotatable bonds is 3. The molecule has 0 aliphatic heterocycles. The molecule has 0 fully saturated rings. The minimum absolute atomic E-state index is 1.04. The maximum absolute atomic E-state index is 5.46. The van der Waals surface area contributed by atoms with Crippen LogP contribution in [0.2, 0.25) is 0 Å². The zero-order valence-corrected chi connectivity index (χ0v) is 5.72. The summed E-state index contributed by atoms with van der Waals surface area (Å²) in [6, 6.07) is 0. The van der Waals surface area contributed by atoms with Crippen LogP contribution in [0.4, 0.5) is 0 Å². The molecule has 0 saturated carbocycles. The fraction of sp³-hybridized carbons (Fsp3) is 0.667. The van der Waals surface area contributed by atoms with Crippen LogP contribution in [0, 0.1) is 6.58 Å². The summed E-state index contributed by atoms with van der Waals surface area (Å²) in [5.74, 6) is 0. The second-order valence-corrected chi connectivity index (χ2v) is 2.35. The Morgan fingerprint density at radius 3 is 2.43 bits per heavy atom. The molecule has 0 aromatic carbocycles. The van der Waals surface area contributed by atoms with Crippen molar-refractivity contribution < 1.29 is 0 Å². The Balaban J connectivity index is 3.00. The molecule has 0 aliphatic carbocycles. The first-order valence-corrected chi connectivity index (χ1v) is 3.69. The Labute approximate surface area is 50.0 Å². The molecule has 0 spiro atoms. The van der Waals surface area contributed by atoms with E-state index in [2.05, 4.69) is 6.92 Å². The lowest BCUT2D eigenvalue weighted by molar-refractivity contribution is 0.949. The van der Waals surface area contributed by atoms with E-state index in [0.29, 0.717) is 0 Å². The van der Waals surface area contributed by atoms with E-state index in [0.717, 1.165) is 17.7 Å². The summed E-state index contributed by atoms with van der Waals surface area (Å²) in [4.78, 5) is 1.04. The largest absolute Gasteiger partial charge is 0.134 e. The van der Waals surface area contributed by atoms with Crippen LogP contribution in [0.15, 0.2) is 4.91 Å². The molecule has 0 aliphatic rings. The summed E-state index contributed by atoms with van der Waals surface area (Å²) >= 11 is 1.64. The predicted octanol–water partition coefficient (Wildman–Crippen LogP) is 2.47. The maximum Gasteiger partial charge on any atom is -0.0140 e. The van der Waals surface area contributed by atoms with E-state index < -0.39 is 0 Å². The van der Waals surface area contributed by atoms with E-state index in [1.54, 1.807) is 11.8 Å². The van der Waals surface area contributed by atoms with Gasteiger partial charge in [-0.2, -0.15) is 0 Å². The second-order valence-electron chi connectivity index (χ2n) is 1.42. The van der Waals surface area contributed by atoms with Gasteiger partial charge in [-0.3, -0.25) is 0 Å². The van der Waals surface area contributed by atoms with Crippen molar-refractivity contribution >= 4 is 11.8 Å². The monoisotopic (exact) mass is 115 g/mol. The molecule has 0 saturated heterocycles. The molecule has 1 radical (unpaired) electrons. The lowest BCUT2D eigenvalue weighted by atomic mass is 10.3. The molecule has 0 unspecified atom stereocenters. The van der Waals surface area contributed by atoms with Crippen LogP contribution in [0.25, 0.3) is 0 Å². The molecule has 0 atom stereocenters. The van der Waals surface area contributed by atoms with Crippen LogP contribution in [0.5, 0.6) is 0 Å². The lowest BCUT2D eigenvalue weighted by Gasteiger charge is -1.93. The van der Waals surface area contributed by atoms with E-state index in [1.807, 2.05) is 6.26 Å². The highest BCUT2D eigenvalue weighted by atomic mass is 32.2. The summed E-state index contributed by atoms with van der Waals surface area (Å²) in [5, 5.41) is 0. The standard InChI is InChI=1S/C6H11S/c1-4-5-6(2)7-3/h2H,4-5H2,1,3H3. The fourth-order valence-corrected chi connectivity index (χ4v) is 0.757. The van der Waals surface area contributed by atoms with Crippen LogP contribution < -0.4 is 0 Å². The van der Waals surface area contributed by atoms with Gasteiger partial charge in [-0.15, -0.1) is 11.8 Å². The predicted molar refractivity (Wildman–Crippen MR) is 36.2 cm³/mol. The molecule has 0 amide bonds. The summed E-state index contributed by atoms with van der Waals surface area (Å²) in [7, 11) is 0.